The zero-order valence-electron chi connectivity index (χ0n) is 19.3. The van der Waals surface area contributed by atoms with Crippen LogP contribution >= 0.6 is 0 Å². The molecule has 182 valence electrons. The minimum atomic E-state index is -3.87. The van der Waals surface area contributed by atoms with E-state index in [1.54, 1.807) is 10.8 Å². The van der Waals surface area contributed by atoms with Gasteiger partial charge in [0.2, 0.25) is 10.0 Å². The zero-order chi connectivity index (χ0) is 25.3. The van der Waals surface area contributed by atoms with Crippen LogP contribution in [0.4, 0.5) is 14.5 Å². The van der Waals surface area contributed by atoms with Gasteiger partial charge in [0.1, 0.15) is 17.7 Å². The maximum absolute atomic E-state index is 14.3. The Morgan fingerprint density at radius 1 is 1.15 bits per heavy atom. The van der Waals surface area contributed by atoms with E-state index in [-0.39, 0.29) is 22.7 Å². The number of amides is 1. The van der Waals surface area contributed by atoms with E-state index >= 15 is 0 Å². The van der Waals surface area contributed by atoms with Crippen molar-refractivity contribution in [3.05, 3.63) is 71.1 Å². The van der Waals surface area contributed by atoms with Crippen molar-refractivity contribution in [1.82, 2.24) is 10.3 Å². The SMILES string of the molecule is C[C@@H](NC(=O)c1coc(Oc2cccc(C(C)(C)C)c2)n1)c1cc(F)c(NS(C)(=O)=O)c(F)c1. The van der Waals surface area contributed by atoms with Crippen molar-refractivity contribution in [2.24, 2.45) is 0 Å². The molecular weight excluding hydrogens is 468 g/mol. The molecule has 8 nitrogen and oxygen atoms in total. The maximum atomic E-state index is 14.3. The fourth-order valence-corrected chi connectivity index (χ4v) is 3.58. The first-order valence-electron chi connectivity index (χ1n) is 10.2. The van der Waals surface area contributed by atoms with E-state index in [1.165, 1.54) is 6.92 Å². The van der Waals surface area contributed by atoms with Gasteiger partial charge in [-0.15, -0.1) is 0 Å². The van der Waals surface area contributed by atoms with Crippen LogP contribution in [0.1, 0.15) is 55.4 Å². The van der Waals surface area contributed by atoms with Crippen molar-refractivity contribution in [2.45, 2.75) is 39.2 Å². The number of sulfonamides is 1. The monoisotopic (exact) mass is 493 g/mol. The van der Waals surface area contributed by atoms with Crippen molar-refractivity contribution < 1.29 is 31.1 Å². The molecule has 0 aliphatic heterocycles. The maximum Gasteiger partial charge on any atom is 0.399 e. The Labute approximate surface area is 196 Å². The number of aromatic nitrogens is 1. The number of nitrogens with one attached hydrogen (secondary N) is 2. The Bertz CT molecular complexity index is 1290. The van der Waals surface area contributed by atoms with Gasteiger partial charge in [-0.3, -0.25) is 9.52 Å². The average Bonchev–Trinajstić information content (AvgIpc) is 3.18. The lowest BCUT2D eigenvalue weighted by atomic mass is 9.87. The minimum absolute atomic E-state index is 0.0846. The molecule has 2 N–H and O–H groups in total. The van der Waals surface area contributed by atoms with Gasteiger partial charge in [-0.2, -0.15) is 4.98 Å². The van der Waals surface area contributed by atoms with Crippen molar-refractivity contribution in [1.29, 1.82) is 0 Å². The summed E-state index contributed by atoms with van der Waals surface area (Å²) in [6, 6.07) is 8.42. The summed E-state index contributed by atoms with van der Waals surface area (Å²) in [7, 11) is -3.87. The summed E-state index contributed by atoms with van der Waals surface area (Å²) in [5.74, 6) is -2.40. The highest BCUT2D eigenvalue weighted by Gasteiger charge is 2.21. The van der Waals surface area contributed by atoms with Crippen LogP contribution in [-0.2, 0) is 15.4 Å². The molecule has 0 aliphatic carbocycles. The van der Waals surface area contributed by atoms with E-state index in [0.717, 1.165) is 30.2 Å². The third-order valence-corrected chi connectivity index (χ3v) is 5.40. The molecule has 0 unspecified atom stereocenters. The van der Waals surface area contributed by atoms with Crippen molar-refractivity contribution in [3.63, 3.8) is 0 Å². The van der Waals surface area contributed by atoms with E-state index in [4.69, 9.17) is 9.15 Å². The molecular formula is C23H25F2N3O5S. The zero-order valence-corrected chi connectivity index (χ0v) is 20.1. The van der Waals surface area contributed by atoms with Crippen LogP contribution in [0.5, 0.6) is 11.8 Å². The third-order valence-electron chi connectivity index (χ3n) is 4.82. The van der Waals surface area contributed by atoms with E-state index in [1.807, 2.05) is 18.2 Å². The highest BCUT2D eigenvalue weighted by Crippen LogP contribution is 2.29. The van der Waals surface area contributed by atoms with Crippen LogP contribution < -0.4 is 14.8 Å². The molecule has 1 amide bonds. The molecule has 11 heteroatoms. The van der Waals surface area contributed by atoms with Gasteiger partial charge in [-0.05, 0) is 47.7 Å². The predicted octanol–water partition coefficient (Wildman–Crippen LogP) is 4.91. The predicted molar refractivity (Wildman–Crippen MR) is 122 cm³/mol. The van der Waals surface area contributed by atoms with Gasteiger partial charge in [0, 0.05) is 0 Å². The summed E-state index contributed by atoms with van der Waals surface area (Å²) in [6.07, 6.45) is 1.74. The second-order valence-corrected chi connectivity index (χ2v) is 10.6. The second-order valence-electron chi connectivity index (χ2n) is 8.81. The fraction of sp³-hybridized carbons (Fsp3) is 0.304. The average molecular weight is 494 g/mol. The first kappa shape index (κ1) is 25.2. The number of benzene rings is 2. The Balaban J connectivity index is 1.70. The molecule has 0 radical (unpaired) electrons. The summed E-state index contributed by atoms with van der Waals surface area (Å²) in [4.78, 5) is 16.5. The van der Waals surface area contributed by atoms with E-state index in [2.05, 4.69) is 31.1 Å². The topological polar surface area (TPSA) is 111 Å². The Morgan fingerprint density at radius 2 is 1.79 bits per heavy atom. The highest BCUT2D eigenvalue weighted by molar-refractivity contribution is 7.92. The Kier molecular flexibility index (Phi) is 6.97. The summed E-state index contributed by atoms with van der Waals surface area (Å²) in [5.41, 5.74) is 0.153. The number of nitrogens with zero attached hydrogens (tertiary/aromatic N) is 1. The Hall–Kier alpha value is -3.47. The molecule has 0 saturated carbocycles. The number of oxazole rings is 1. The van der Waals surface area contributed by atoms with Crippen LogP contribution in [-0.4, -0.2) is 25.6 Å². The molecule has 2 aromatic carbocycles. The first-order valence-corrected chi connectivity index (χ1v) is 12.1. The molecule has 0 fully saturated rings. The number of hydrogen-bond acceptors (Lipinski definition) is 6. The molecule has 1 heterocycles. The number of carbonyl (C=O) groups excluding carboxylic acids is 1. The standard InChI is InChI=1S/C23H25F2N3O5S/c1-13(14-9-17(24)20(18(25)10-14)28-34(5,30)31)26-21(29)19-12-32-22(27-19)33-16-8-6-7-15(11-16)23(2,3)4/h6-13,28H,1-5H3,(H,26,29)/t13-/m1/s1. The summed E-state index contributed by atoms with van der Waals surface area (Å²) < 4.78 is 63.7. The van der Waals surface area contributed by atoms with E-state index in [9.17, 15) is 22.0 Å². The summed E-state index contributed by atoms with van der Waals surface area (Å²) in [6.45, 7) is 7.70. The van der Waals surface area contributed by atoms with Crippen LogP contribution in [0.3, 0.4) is 0 Å². The van der Waals surface area contributed by atoms with Gasteiger partial charge in [0.15, 0.2) is 17.3 Å². The quantitative estimate of drug-likeness (QED) is 0.484. The number of anilines is 1. The van der Waals surface area contributed by atoms with Crippen LogP contribution in [0, 0.1) is 11.6 Å². The lowest BCUT2D eigenvalue weighted by Gasteiger charge is -2.19. The molecule has 3 aromatic rings. The van der Waals surface area contributed by atoms with Gasteiger partial charge in [-0.1, -0.05) is 32.9 Å². The summed E-state index contributed by atoms with van der Waals surface area (Å²) in [5, 5.41) is 2.55. The molecule has 3 rings (SSSR count). The van der Waals surface area contributed by atoms with Crippen LogP contribution in [0.15, 0.2) is 47.1 Å². The number of ether oxygens (including phenoxy) is 1. The van der Waals surface area contributed by atoms with Crippen molar-refractivity contribution in [3.8, 4) is 11.8 Å². The lowest BCUT2D eigenvalue weighted by molar-refractivity contribution is 0.0934. The van der Waals surface area contributed by atoms with Crippen LogP contribution in [0.2, 0.25) is 0 Å². The third kappa shape index (κ3) is 6.31. The molecule has 0 spiro atoms. The molecule has 0 aliphatic rings. The molecule has 1 aromatic heterocycles. The van der Waals surface area contributed by atoms with Gasteiger partial charge < -0.3 is 14.5 Å². The van der Waals surface area contributed by atoms with Gasteiger partial charge in [0.05, 0.1) is 12.3 Å². The minimum Gasteiger partial charge on any atom is -0.416 e. The van der Waals surface area contributed by atoms with Crippen molar-refractivity contribution in [2.75, 3.05) is 11.0 Å². The fourth-order valence-electron chi connectivity index (χ4n) is 3.01. The number of rotatable bonds is 7. The number of hydrogen-bond donors (Lipinski definition) is 2. The van der Waals surface area contributed by atoms with Gasteiger partial charge >= 0.3 is 6.08 Å². The molecule has 0 saturated heterocycles. The van der Waals surface area contributed by atoms with E-state index < -0.39 is 39.3 Å². The van der Waals surface area contributed by atoms with Gasteiger partial charge in [-0.25, -0.2) is 17.2 Å². The normalized spacial score (nSPS) is 12.8. The van der Waals surface area contributed by atoms with Gasteiger partial charge in [0.25, 0.3) is 5.91 Å². The number of carbonyl (C=O) groups is 1. The second kappa shape index (κ2) is 9.41. The molecule has 0 bridgehead atoms. The Morgan fingerprint density at radius 3 is 2.38 bits per heavy atom. The van der Waals surface area contributed by atoms with Crippen molar-refractivity contribution >= 4 is 21.6 Å². The highest BCUT2D eigenvalue weighted by atomic mass is 32.2. The van der Waals surface area contributed by atoms with E-state index in [0.29, 0.717) is 5.75 Å². The van der Waals surface area contributed by atoms with Crippen LogP contribution in [0.25, 0.3) is 0 Å². The lowest BCUT2D eigenvalue weighted by Crippen LogP contribution is -2.27. The largest absolute Gasteiger partial charge is 0.416 e. The molecule has 34 heavy (non-hydrogen) atoms. The summed E-state index contributed by atoms with van der Waals surface area (Å²) >= 11 is 0. The smallest absolute Gasteiger partial charge is 0.399 e. The molecule has 1 atom stereocenters. The number of halogens is 2. The first-order chi connectivity index (χ1) is 15.7.